The third-order valence-corrected chi connectivity index (χ3v) is 9.44. The second kappa shape index (κ2) is 20.0. The number of aliphatic hydroxyl groups is 3. The molecular weight excluding hydrogens is 730 g/mol. The van der Waals surface area contributed by atoms with E-state index in [1.54, 1.807) is 12.1 Å². The van der Waals surface area contributed by atoms with Crippen LogP contribution in [0.3, 0.4) is 0 Å². The molecule has 57 heavy (non-hydrogen) atoms. The molecule has 5 aromatic rings. The van der Waals surface area contributed by atoms with Gasteiger partial charge in [-0.3, -0.25) is 9.69 Å². The van der Waals surface area contributed by atoms with Gasteiger partial charge < -0.3 is 29.5 Å². The third kappa shape index (κ3) is 11.6. The predicted octanol–water partition coefficient (Wildman–Crippen LogP) is 5.30. The van der Waals surface area contributed by atoms with Crippen LogP contribution < -0.4 is 4.74 Å². The number of piperidine rings is 1. The number of hydrogen-bond acceptors (Lipinski definition) is 12. The fourth-order valence-electron chi connectivity index (χ4n) is 6.01. The number of esters is 4. The van der Waals surface area contributed by atoms with Crippen molar-refractivity contribution < 1.29 is 53.5 Å². The number of likely N-dealkylation sites (tertiary alicyclic amines) is 1. The van der Waals surface area contributed by atoms with Crippen molar-refractivity contribution in [1.82, 2.24) is 4.90 Å². The molecule has 0 bridgehead atoms. The van der Waals surface area contributed by atoms with Gasteiger partial charge >= 0.3 is 23.9 Å². The van der Waals surface area contributed by atoms with Crippen molar-refractivity contribution in [3.63, 3.8) is 0 Å². The molecular formula is C45H43NO11. The second-order valence-electron chi connectivity index (χ2n) is 13.3. The van der Waals surface area contributed by atoms with E-state index in [1.807, 2.05) is 91.9 Å². The third-order valence-electron chi connectivity index (χ3n) is 9.44. The first kappa shape index (κ1) is 41.8. The van der Waals surface area contributed by atoms with Crippen molar-refractivity contribution in [3.05, 3.63) is 173 Å². The number of nitrogens with zero attached hydrogens (tertiary/aromatic N) is 1. The average Bonchev–Trinajstić information content (AvgIpc) is 3.26. The molecule has 1 saturated heterocycles. The molecule has 3 N–H and O–H groups in total. The standard InChI is InChI=1S/C27H29NO3.C18H14O8/c1-21(28-18-16-27(30,17-19-28)24-10-6-3-7-11-24)26(29)23-12-14-25(15-13-23)31-20-22-8-4-2-5-9-22;19-13(17(23)25-15(21)11-7-3-1-4-8-11)14(20)18(24)26-16(22)12-9-5-2-6-10-12/h2-15,21,30H,16-20H2,1H3;1-10,13-14,19-20H/t21-;13-,14-/m00/s1. The van der Waals surface area contributed by atoms with Gasteiger partial charge in [-0.05, 0) is 79.4 Å². The molecule has 294 valence electrons. The monoisotopic (exact) mass is 773 g/mol. The van der Waals surface area contributed by atoms with E-state index in [4.69, 9.17) is 4.74 Å². The van der Waals surface area contributed by atoms with Gasteiger partial charge in [-0.2, -0.15) is 0 Å². The Morgan fingerprint density at radius 3 is 1.47 bits per heavy atom. The van der Waals surface area contributed by atoms with Gasteiger partial charge in [0.05, 0.1) is 22.8 Å². The summed E-state index contributed by atoms with van der Waals surface area (Å²) in [5.74, 6) is -4.42. The Labute approximate surface area is 329 Å². The number of ether oxygens (including phenoxy) is 3. The zero-order chi connectivity index (χ0) is 40.8. The summed E-state index contributed by atoms with van der Waals surface area (Å²) >= 11 is 0. The molecule has 12 nitrogen and oxygen atoms in total. The Hall–Kier alpha value is -6.31. The summed E-state index contributed by atoms with van der Waals surface area (Å²) < 4.78 is 14.6. The summed E-state index contributed by atoms with van der Waals surface area (Å²) in [4.78, 5) is 62.0. The van der Waals surface area contributed by atoms with E-state index in [-0.39, 0.29) is 23.0 Å². The minimum atomic E-state index is -2.40. The maximum atomic E-state index is 13.0. The average molecular weight is 774 g/mol. The Bertz CT molecular complexity index is 2020. The first-order valence-electron chi connectivity index (χ1n) is 18.3. The van der Waals surface area contributed by atoms with Crippen molar-refractivity contribution in [2.45, 2.75) is 50.2 Å². The lowest BCUT2D eigenvalue weighted by molar-refractivity contribution is -0.166. The van der Waals surface area contributed by atoms with Crippen LogP contribution in [0, 0.1) is 0 Å². The van der Waals surface area contributed by atoms with E-state index < -0.39 is 41.7 Å². The van der Waals surface area contributed by atoms with E-state index in [0.717, 1.165) is 16.9 Å². The molecule has 12 heteroatoms. The highest BCUT2D eigenvalue weighted by molar-refractivity contribution is 6.02. The van der Waals surface area contributed by atoms with E-state index in [2.05, 4.69) is 14.4 Å². The quantitative estimate of drug-likeness (QED) is 0.0849. The van der Waals surface area contributed by atoms with Crippen molar-refractivity contribution in [2.75, 3.05) is 13.1 Å². The smallest absolute Gasteiger partial charge is 0.346 e. The molecule has 1 aliphatic rings. The Balaban J connectivity index is 0.000000221. The Morgan fingerprint density at radius 1 is 0.596 bits per heavy atom. The highest BCUT2D eigenvalue weighted by Gasteiger charge is 2.37. The van der Waals surface area contributed by atoms with Crippen LogP contribution in [0.2, 0.25) is 0 Å². The second-order valence-corrected chi connectivity index (χ2v) is 13.3. The van der Waals surface area contributed by atoms with Gasteiger partial charge in [0.2, 0.25) is 0 Å². The number of hydrogen-bond donors (Lipinski definition) is 3. The predicted molar refractivity (Wildman–Crippen MR) is 208 cm³/mol. The van der Waals surface area contributed by atoms with Gasteiger partial charge in [-0.1, -0.05) is 97.1 Å². The first-order valence-corrected chi connectivity index (χ1v) is 18.3. The first-order chi connectivity index (χ1) is 27.4. The van der Waals surface area contributed by atoms with Crippen LogP contribution in [-0.2, 0) is 31.3 Å². The molecule has 1 fully saturated rings. The van der Waals surface area contributed by atoms with Crippen LogP contribution in [0.15, 0.2) is 146 Å². The molecule has 0 spiro atoms. The molecule has 1 aliphatic heterocycles. The van der Waals surface area contributed by atoms with Gasteiger partial charge in [-0.15, -0.1) is 0 Å². The molecule has 0 unspecified atom stereocenters. The lowest BCUT2D eigenvalue weighted by Crippen LogP contribution is -2.48. The largest absolute Gasteiger partial charge is 0.489 e. The summed E-state index contributed by atoms with van der Waals surface area (Å²) in [5, 5.41) is 30.3. The summed E-state index contributed by atoms with van der Waals surface area (Å²) in [6.45, 7) is 3.84. The topological polar surface area (TPSA) is 177 Å². The lowest BCUT2D eigenvalue weighted by Gasteiger charge is -2.40. The molecule has 0 aromatic heterocycles. The van der Waals surface area contributed by atoms with Crippen LogP contribution in [0.25, 0.3) is 0 Å². The molecule has 0 amide bonds. The van der Waals surface area contributed by atoms with E-state index in [9.17, 15) is 39.3 Å². The lowest BCUT2D eigenvalue weighted by atomic mass is 9.84. The van der Waals surface area contributed by atoms with E-state index in [0.29, 0.717) is 38.1 Å². The fraction of sp³-hybridized carbons (Fsp3) is 0.222. The summed E-state index contributed by atoms with van der Waals surface area (Å²) in [7, 11) is 0. The number of carbonyl (C=O) groups is 5. The van der Waals surface area contributed by atoms with E-state index >= 15 is 0 Å². The van der Waals surface area contributed by atoms with Gasteiger partial charge in [0.1, 0.15) is 12.4 Å². The van der Waals surface area contributed by atoms with Gasteiger partial charge in [0.15, 0.2) is 18.0 Å². The summed E-state index contributed by atoms with van der Waals surface area (Å²) in [6.07, 6.45) is -3.56. The summed E-state index contributed by atoms with van der Waals surface area (Å²) in [6, 6.07) is 41.8. The minimum absolute atomic E-state index is 0.0318. The fourth-order valence-corrected chi connectivity index (χ4v) is 6.01. The minimum Gasteiger partial charge on any atom is -0.489 e. The maximum Gasteiger partial charge on any atom is 0.346 e. The van der Waals surface area contributed by atoms with Crippen molar-refractivity contribution in [3.8, 4) is 5.75 Å². The summed E-state index contributed by atoms with van der Waals surface area (Å²) in [5.41, 5.74) is 2.01. The highest BCUT2D eigenvalue weighted by atomic mass is 16.6. The Morgan fingerprint density at radius 2 is 1.02 bits per heavy atom. The van der Waals surface area contributed by atoms with Crippen molar-refractivity contribution >= 4 is 29.7 Å². The molecule has 0 radical (unpaired) electrons. The number of Topliss-reactive ketones (excluding diaryl/α,β-unsaturated/α-hetero) is 1. The zero-order valence-corrected chi connectivity index (χ0v) is 31.2. The van der Waals surface area contributed by atoms with Crippen LogP contribution in [0.5, 0.6) is 5.75 Å². The number of aliphatic hydroxyl groups excluding tert-OH is 2. The van der Waals surface area contributed by atoms with Crippen molar-refractivity contribution in [1.29, 1.82) is 0 Å². The van der Waals surface area contributed by atoms with Crippen LogP contribution >= 0.6 is 0 Å². The molecule has 6 rings (SSSR count). The van der Waals surface area contributed by atoms with Crippen LogP contribution in [-0.4, -0.2) is 81.2 Å². The van der Waals surface area contributed by atoms with Crippen molar-refractivity contribution in [2.24, 2.45) is 0 Å². The molecule has 0 saturated carbocycles. The highest BCUT2D eigenvalue weighted by Crippen LogP contribution is 2.33. The maximum absolute atomic E-state index is 13.0. The van der Waals surface area contributed by atoms with Gasteiger partial charge in [-0.25, -0.2) is 19.2 Å². The molecule has 3 atom stereocenters. The normalized spacial score (nSPS) is 15.0. The zero-order valence-electron chi connectivity index (χ0n) is 31.2. The molecule has 1 heterocycles. The number of carbonyl (C=O) groups excluding carboxylic acids is 5. The van der Waals surface area contributed by atoms with Gasteiger partial charge in [0.25, 0.3) is 0 Å². The van der Waals surface area contributed by atoms with Gasteiger partial charge in [0, 0.05) is 18.7 Å². The molecule has 5 aromatic carbocycles. The number of ketones is 1. The number of rotatable bonds is 12. The van der Waals surface area contributed by atoms with Crippen LogP contribution in [0.1, 0.15) is 62.0 Å². The van der Waals surface area contributed by atoms with Crippen LogP contribution in [0.4, 0.5) is 0 Å². The SMILES string of the molecule is C[C@@H](C(=O)c1ccc(OCc2ccccc2)cc1)N1CCC(O)(c2ccccc2)CC1.O=C(OC(=O)[C@@H](O)[C@H](O)C(=O)OC(=O)c1ccccc1)c1ccccc1. The Kier molecular flexibility index (Phi) is 14.7. The number of benzene rings is 5. The van der Waals surface area contributed by atoms with E-state index in [1.165, 1.54) is 48.5 Å². The molecule has 0 aliphatic carbocycles.